The SMILES string of the molecule is CC1CCC(C(=O)N2CCS(=O)(=O)CC2C)CN1. The van der Waals surface area contributed by atoms with Gasteiger partial charge in [0.25, 0.3) is 0 Å². The fraction of sp³-hybridized carbons (Fsp3) is 0.917. The Morgan fingerprint density at radius 3 is 2.56 bits per heavy atom. The van der Waals surface area contributed by atoms with Crippen molar-refractivity contribution in [1.29, 1.82) is 0 Å². The molecular formula is C12H22N2O3S. The lowest BCUT2D eigenvalue weighted by atomic mass is 9.94. The third kappa shape index (κ3) is 3.03. The van der Waals surface area contributed by atoms with Crippen LogP contribution in [0, 0.1) is 5.92 Å². The molecule has 2 saturated heterocycles. The van der Waals surface area contributed by atoms with Crippen LogP contribution in [0.5, 0.6) is 0 Å². The standard InChI is InChI=1S/C12H22N2O3S/c1-9-3-4-11(7-13-9)12(15)14-5-6-18(16,17)8-10(14)2/h9-11,13H,3-8H2,1-2H3. The van der Waals surface area contributed by atoms with Gasteiger partial charge < -0.3 is 10.2 Å². The van der Waals surface area contributed by atoms with Gasteiger partial charge in [-0.3, -0.25) is 4.79 Å². The van der Waals surface area contributed by atoms with E-state index in [0.717, 1.165) is 19.4 Å². The van der Waals surface area contributed by atoms with E-state index in [-0.39, 0.29) is 29.4 Å². The lowest BCUT2D eigenvalue weighted by Crippen LogP contribution is -2.54. The zero-order valence-electron chi connectivity index (χ0n) is 11.1. The zero-order chi connectivity index (χ0) is 13.3. The van der Waals surface area contributed by atoms with Gasteiger partial charge in [-0.2, -0.15) is 0 Å². The Labute approximate surface area is 109 Å². The predicted molar refractivity (Wildman–Crippen MR) is 70.0 cm³/mol. The van der Waals surface area contributed by atoms with Gasteiger partial charge >= 0.3 is 0 Å². The number of sulfone groups is 1. The Morgan fingerprint density at radius 2 is 2.00 bits per heavy atom. The van der Waals surface area contributed by atoms with Gasteiger partial charge in [0.05, 0.1) is 17.4 Å². The molecule has 2 aliphatic rings. The van der Waals surface area contributed by atoms with Crippen LogP contribution in [0.2, 0.25) is 0 Å². The van der Waals surface area contributed by atoms with Crippen molar-refractivity contribution >= 4 is 15.7 Å². The summed E-state index contributed by atoms with van der Waals surface area (Å²) in [4.78, 5) is 14.1. The van der Waals surface area contributed by atoms with Crippen LogP contribution in [-0.2, 0) is 14.6 Å². The molecule has 18 heavy (non-hydrogen) atoms. The van der Waals surface area contributed by atoms with Crippen molar-refractivity contribution in [3.63, 3.8) is 0 Å². The van der Waals surface area contributed by atoms with Crippen LogP contribution in [0.3, 0.4) is 0 Å². The van der Waals surface area contributed by atoms with E-state index in [2.05, 4.69) is 12.2 Å². The summed E-state index contributed by atoms with van der Waals surface area (Å²) in [6.07, 6.45) is 1.92. The third-order valence-electron chi connectivity index (χ3n) is 3.96. The highest BCUT2D eigenvalue weighted by Crippen LogP contribution is 2.20. The maximum Gasteiger partial charge on any atom is 0.227 e. The van der Waals surface area contributed by atoms with Crippen LogP contribution < -0.4 is 5.32 Å². The van der Waals surface area contributed by atoms with Crippen molar-refractivity contribution in [3.05, 3.63) is 0 Å². The molecular weight excluding hydrogens is 252 g/mol. The highest BCUT2D eigenvalue weighted by Gasteiger charge is 2.35. The minimum absolute atomic E-state index is 0.0180. The molecule has 3 unspecified atom stereocenters. The van der Waals surface area contributed by atoms with E-state index in [0.29, 0.717) is 12.6 Å². The number of hydrogen-bond donors (Lipinski definition) is 1. The molecule has 3 atom stereocenters. The summed E-state index contributed by atoms with van der Waals surface area (Å²) in [6, 6.07) is 0.295. The molecule has 0 radical (unpaired) electrons. The smallest absolute Gasteiger partial charge is 0.227 e. The first-order valence-electron chi connectivity index (χ1n) is 6.63. The number of carbonyl (C=O) groups excluding carboxylic acids is 1. The lowest BCUT2D eigenvalue weighted by Gasteiger charge is -2.37. The molecule has 104 valence electrons. The lowest BCUT2D eigenvalue weighted by molar-refractivity contribution is -0.137. The molecule has 2 rings (SSSR count). The Morgan fingerprint density at radius 1 is 1.28 bits per heavy atom. The van der Waals surface area contributed by atoms with Crippen molar-refractivity contribution in [3.8, 4) is 0 Å². The zero-order valence-corrected chi connectivity index (χ0v) is 11.9. The predicted octanol–water partition coefficient (Wildman–Crippen LogP) is 0.0200. The van der Waals surface area contributed by atoms with Crippen molar-refractivity contribution < 1.29 is 13.2 Å². The molecule has 1 N–H and O–H groups in total. The summed E-state index contributed by atoms with van der Waals surface area (Å²) < 4.78 is 23.0. The van der Waals surface area contributed by atoms with Crippen LogP contribution in [0.15, 0.2) is 0 Å². The molecule has 2 aliphatic heterocycles. The Kier molecular flexibility index (Phi) is 3.96. The fourth-order valence-corrected chi connectivity index (χ4v) is 4.33. The van der Waals surface area contributed by atoms with Gasteiger partial charge in [-0.05, 0) is 26.7 Å². The monoisotopic (exact) mass is 274 g/mol. The molecule has 0 aromatic carbocycles. The maximum atomic E-state index is 12.4. The molecule has 0 saturated carbocycles. The summed E-state index contributed by atoms with van der Waals surface area (Å²) in [5, 5.41) is 3.32. The number of amides is 1. The maximum absolute atomic E-state index is 12.4. The first-order valence-corrected chi connectivity index (χ1v) is 8.45. The average Bonchev–Trinajstić information content (AvgIpc) is 2.28. The van der Waals surface area contributed by atoms with Gasteiger partial charge in [0.15, 0.2) is 9.84 Å². The molecule has 0 aliphatic carbocycles. The van der Waals surface area contributed by atoms with Crippen molar-refractivity contribution in [2.24, 2.45) is 5.92 Å². The number of hydrogen-bond acceptors (Lipinski definition) is 4. The highest BCUT2D eigenvalue weighted by atomic mass is 32.2. The van der Waals surface area contributed by atoms with Gasteiger partial charge in [0.1, 0.15) is 0 Å². The molecule has 0 bridgehead atoms. The van der Waals surface area contributed by atoms with E-state index < -0.39 is 9.84 Å². The minimum Gasteiger partial charge on any atom is -0.338 e. The van der Waals surface area contributed by atoms with E-state index >= 15 is 0 Å². The molecule has 0 aromatic rings. The minimum atomic E-state index is -2.95. The molecule has 2 heterocycles. The Balaban J connectivity index is 1.97. The van der Waals surface area contributed by atoms with E-state index in [1.807, 2.05) is 6.92 Å². The quantitative estimate of drug-likeness (QED) is 0.732. The third-order valence-corrected chi connectivity index (χ3v) is 5.76. The number of piperidine rings is 1. The summed E-state index contributed by atoms with van der Waals surface area (Å²) in [5.74, 6) is 0.357. The van der Waals surface area contributed by atoms with Gasteiger partial charge in [-0.25, -0.2) is 8.42 Å². The summed E-state index contributed by atoms with van der Waals surface area (Å²) in [6.45, 7) is 5.02. The van der Waals surface area contributed by atoms with Crippen molar-refractivity contribution in [1.82, 2.24) is 10.2 Å². The highest BCUT2D eigenvalue weighted by molar-refractivity contribution is 7.91. The van der Waals surface area contributed by atoms with E-state index in [1.165, 1.54) is 0 Å². The van der Waals surface area contributed by atoms with E-state index in [1.54, 1.807) is 4.90 Å². The van der Waals surface area contributed by atoms with Crippen LogP contribution in [0.25, 0.3) is 0 Å². The van der Waals surface area contributed by atoms with Crippen molar-refractivity contribution in [2.75, 3.05) is 24.6 Å². The Hall–Kier alpha value is -0.620. The largest absolute Gasteiger partial charge is 0.338 e. The summed E-state index contributed by atoms with van der Waals surface area (Å²) >= 11 is 0. The molecule has 6 heteroatoms. The van der Waals surface area contributed by atoms with Crippen LogP contribution in [-0.4, -0.2) is 55.9 Å². The van der Waals surface area contributed by atoms with Gasteiger partial charge in [0.2, 0.25) is 5.91 Å². The second-order valence-corrected chi connectivity index (χ2v) is 7.81. The number of nitrogens with zero attached hydrogens (tertiary/aromatic N) is 1. The molecule has 5 nitrogen and oxygen atoms in total. The topological polar surface area (TPSA) is 66.5 Å². The van der Waals surface area contributed by atoms with E-state index in [9.17, 15) is 13.2 Å². The number of carbonyl (C=O) groups is 1. The van der Waals surface area contributed by atoms with E-state index in [4.69, 9.17) is 0 Å². The molecule has 2 fully saturated rings. The molecule has 1 amide bonds. The molecule has 0 spiro atoms. The van der Waals surface area contributed by atoms with Crippen LogP contribution in [0.4, 0.5) is 0 Å². The molecule has 0 aromatic heterocycles. The first kappa shape index (κ1) is 13.8. The van der Waals surface area contributed by atoms with Gasteiger partial charge in [-0.15, -0.1) is 0 Å². The summed E-state index contributed by atoms with van der Waals surface area (Å²) in [7, 11) is -2.95. The Bertz CT molecular complexity index is 413. The number of rotatable bonds is 1. The van der Waals surface area contributed by atoms with Gasteiger partial charge in [0, 0.05) is 25.2 Å². The second kappa shape index (κ2) is 5.17. The number of nitrogens with one attached hydrogen (secondary N) is 1. The average molecular weight is 274 g/mol. The summed E-state index contributed by atoms with van der Waals surface area (Å²) in [5.41, 5.74) is 0. The fourth-order valence-electron chi connectivity index (χ4n) is 2.77. The first-order chi connectivity index (χ1) is 8.39. The van der Waals surface area contributed by atoms with Crippen LogP contribution >= 0.6 is 0 Å². The normalized spacial score (nSPS) is 36.3. The second-order valence-electron chi connectivity index (χ2n) is 5.58. The van der Waals surface area contributed by atoms with Crippen molar-refractivity contribution in [2.45, 2.75) is 38.8 Å². The van der Waals surface area contributed by atoms with Crippen LogP contribution in [0.1, 0.15) is 26.7 Å². The van der Waals surface area contributed by atoms with Gasteiger partial charge in [-0.1, -0.05) is 0 Å².